The largest absolute Gasteiger partial charge is 0.346 e. The van der Waals surface area contributed by atoms with Gasteiger partial charge in [-0.25, -0.2) is 4.98 Å². The molecule has 0 aliphatic heterocycles. The van der Waals surface area contributed by atoms with Gasteiger partial charge in [-0.3, -0.25) is 0 Å². The predicted molar refractivity (Wildman–Crippen MR) is 61.2 cm³/mol. The zero-order valence-corrected chi connectivity index (χ0v) is 9.82. The molecular weight excluding hydrogens is 210 g/mol. The second-order valence-corrected chi connectivity index (χ2v) is 3.78. The van der Waals surface area contributed by atoms with Crippen LogP contribution in [0.2, 0.25) is 0 Å². The standard InChI is InChI=1S/C9H13N5S/c1-13-5-4-11-8(13)6-14(2)9(15-3)12-7-10/h4-5H,6H2,1-3H3. The topological polar surface area (TPSA) is 57.2 Å². The lowest BCUT2D eigenvalue weighted by molar-refractivity contribution is 0.483. The molecule has 0 saturated carbocycles. The van der Waals surface area contributed by atoms with E-state index in [0.29, 0.717) is 11.7 Å². The third-order valence-corrected chi connectivity index (χ3v) is 2.72. The van der Waals surface area contributed by atoms with Gasteiger partial charge in [0.05, 0.1) is 6.54 Å². The monoisotopic (exact) mass is 223 g/mol. The number of thioether (sulfide) groups is 1. The molecule has 0 atom stereocenters. The highest BCUT2D eigenvalue weighted by molar-refractivity contribution is 8.13. The van der Waals surface area contributed by atoms with Gasteiger partial charge in [-0.15, -0.1) is 4.99 Å². The Labute approximate surface area is 93.4 Å². The Morgan fingerprint density at radius 3 is 3.00 bits per heavy atom. The zero-order chi connectivity index (χ0) is 11.3. The lowest BCUT2D eigenvalue weighted by atomic mass is 10.5. The van der Waals surface area contributed by atoms with Gasteiger partial charge in [0.2, 0.25) is 6.19 Å². The molecule has 5 nitrogen and oxygen atoms in total. The van der Waals surface area contributed by atoms with E-state index in [9.17, 15) is 0 Å². The smallest absolute Gasteiger partial charge is 0.208 e. The van der Waals surface area contributed by atoms with Gasteiger partial charge in [0.25, 0.3) is 0 Å². The summed E-state index contributed by atoms with van der Waals surface area (Å²) in [6.07, 6.45) is 7.33. The Balaban J connectivity index is 2.71. The maximum absolute atomic E-state index is 8.50. The van der Waals surface area contributed by atoms with Crippen LogP contribution in [0.25, 0.3) is 0 Å². The number of aromatic nitrogens is 2. The summed E-state index contributed by atoms with van der Waals surface area (Å²) in [5.41, 5.74) is 0. The van der Waals surface area contributed by atoms with Crippen molar-refractivity contribution in [2.45, 2.75) is 6.54 Å². The fourth-order valence-electron chi connectivity index (χ4n) is 1.16. The summed E-state index contributed by atoms with van der Waals surface area (Å²) in [5.74, 6) is 0.942. The van der Waals surface area contributed by atoms with Crippen molar-refractivity contribution in [3.63, 3.8) is 0 Å². The van der Waals surface area contributed by atoms with Crippen molar-refractivity contribution in [3.05, 3.63) is 18.2 Å². The minimum atomic E-state index is 0.644. The van der Waals surface area contributed by atoms with Crippen LogP contribution in [0.1, 0.15) is 5.82 Å². The molecule has 80 valence electrons. The number of amidine groups is 1. The molecule has 0 aliphatic carbocycles. The summed E-state index contributed by atoms with van der Waals surface area (Å²) in [6.45, 7) is 0.644. The summed E-state index contributed by atoms with van der Waals surface area (Å²) in [6, 6.07) is 0. The normalized spacial score (nSPS) is 11.2. The zero-order valence-electron chi connectivity index (χ0n) is 9.01. The molecule has 0 aliphatic rings. The average molecular weight is 223 g/mol. The van der Waals surface area contributed by atoms with Gasteiger partial charge in [0.1, 0.15) is 5.82 Å². The van der Waals surface area contributed by atoms with Crippen LogP contribution in [-0.2, 0) is 13.6 Å². The van der Waals surface area contributed by atoms with Crippen molar-refractivity contribution < 1.29 is 0 Å². The molecule has 0 aromatic carbocycles. The van der Waals surface area contributed by atoms with Crippen LogP contribution in [-0.4, -0.2) is 32.9 Å². The van der Waals surface area contributed by atoms with E-state index in [4.69, 9.17) is 5.26 Å². The maximum Gasteiger partial charge on any atom is 0.208 e. The van der Waals surface area contributed by atoms with Crippen LogP contribution < -0.4 is 0 Å². The van der Waals surface area contributed by atoms with Crippen LogP contribution in [0, 0.1) is 11.5 Å². The van der Waals surface area contributed by atoms with Crippen molar-refractivity contribution in [1.29, 1.82) is 5.26 Å². The Bertz CT molecular complexity index is 389. The highest BCUT2D eigenvalue weighted by Crippen LogP contribution is 2.07. The summed E-state index contributed by atoms with van der Waals surface area (Å²) >= 11 is 1.45. The molecule has 0 unspecified atom stereocenters. The Hall–Kier alpha value is -1.48. The van der Waals surface area contributed by atoms with E-state index in [0.717, 1.165) is 5.82 Å². The van der Waals surface area contributed by atoms with E-state index in [1.807, 2.05) is 36.0 Å². The van der Waals surface area contributed by atoms with Crippen molar-refractivity contribution in [2.75, 3.05) is 13.3 Å². The van der Waals surface area contributed by atoms with E-state index in [-0.39, 0.29) is 0 Å². The van der Waals surface area contributed by atoms with Crippen molar-refractivity contribution >= 4 is 16.9 Å². The first-order chi connectivity index (χ1) is 7.19. The molecular formula is C9H13N5S. The van der Waals surface area contributed by atoms with E-state index < -0.39 is 0 Å². The molecule has 0 N–H and O–H groups in total. The van der Waals surface area contributed by atoms with Crippen molar-refractivity contribution in [3.8, 4) is 6.19 Å². The molecule has 0 saturated heterocycles. The second kappa shape index (κ2) is 5.41. The lowest BCUT2D eigenvalue weighted by Gasteiger charge is -2.17. The summed E-state index contributed by atoms with van der Waals surface area (Å²) in [4.78, 5) is 9.83. The first-order valence-corrected chi connectivity index (χ1v) is 5.59. The minimum Gasteiger partial charge on any atom is -0.346 e. The van der Waals surface area contributed by atoms with Crippen LogP contribution in [0.15, 0.2) is 17.4 Å². The van der Waals surface area contributed by atoms with Gasteiger partial charge < -0.3 is 9.47 Å². The van der Waals surface area contributed by atoms with Gasteiger partial charge in [0, 0.05) is 26.5 Å². The number of hydrogen-bond donors (Lipinski definition) is 0. The summed E-state index contributed by atoms with van der Waals surface area (Å²) in [7, 11) is 3.83. The molecule has 1 aromatic rings. The van der Waals surface area contributed by atoms with Gasteiger partial charge in [-0.05, 0) is 6.26 Å². The highest BCUT2D eigenvalue weighted by atomic mass is 32.2. The molecule has 0 bridgehead atoms. The van der Waals surface area contributed by atoms with Crippen LogP contribution >= 0.6 is 11.8 Å². The number of hydrogen-bond acceptors (Lipinski definition) is 4. The minimum absolute atomic E-state index is 0.644. The molecule has 1 aromatic heterocycles. The number of nitrogens with zero attached hydrogens (tertiary/aromatic N) is 5. The molecule has 15 heavy (non-hydrogen) atoms. The first-order valence-electron chi connectivity index (χ1n) is 4.37. The summed E-state index contributed by atoms with van der Waals surface area (Å²) in [5, 5.41) is 9.19. The Morgan fingerprint density at radius 1 is 1.80 bits per heavy atom. The van der Waals surface area contributed by atoms with Crippen LogP contribution in [0.4, 0.5) is 0 Å². The first kappa shape index (κ1) is 11.6. The number of nitriles is 1. The average Bonchev–Trinajstić information content (AvgIpc) is 2.60. The van der Waals surface area contributed by atoms with Gasteiger partial charge >= 0.3 is 0 Å². The van der Waals surface area contributed by atoms with E-state index in [1.165, 1.54) is 11.8 Å². The van der Waals surface area contributed by atoms with Crippen molar-refractivity contribution in [1.82, 2.24) is 14.5 Å². The van der Waals surface area contributed by atoms with Crippen molar-refractivity contribution in [2.24, 2.45) is 12.0 Å². The lowest BCUT2D eigenvalue weighted by Crippen LogP contribution is -2.24. The second-order valence-electron chi connectivity index (χ2n) is 3.01. The molecule has 6 heteroatoms. The number of aryl methyl sites for hydroxylation is 1. The number of imidazole rings is 1. The van der Waals surface area contributed by atoms with Gasteiger partial charge in [0.15, 0.2) is 5.17 Å². The Morgan fingerprint density at radius 2 is 2.53 bits per heavy atom. The van der Waals surface area contributed by atoms with Crippen LogP contribution in [0.5, 0.6) is 0 Å². The van der Waals surface area contributed by atoms with Crippen LogP contribution in [0.3, 0.4) is 0 Å². The third kappa shape index (κ3) is 2.99. The maximum atomic E-state index is 8.50. The molecule has 1 heterocycles. The fourth-order valence-corrected chi connectivity index (χ4v) is 1.67. The number of aliphatic imine (C=N–C) groups is 1. The molecule has 1 rings (SSSR count). The summed E-state index contributed by atoms with van der Waals surface area (Å²) < 4.78 is 1.95. The van der Waals surface area contributed by atoms with E-state index in [1.54, 1.807) is 12.4 Å². The molecule has 0 spiro atoms. The van der Waals surface area contributed by atoms with Gasteiger partial charge in [-0.1, -0.05) is 11.8 Å². The van der Waals surface area contributed by atoms with Gasteiger partial charge in [-0.2, -0.15) is 5.26 Å². The van der Waals surface area contributed by atoms with E-state index >= 15 is 0 Å². The quantitative estimate of drug-likeness (QED) is 0.427. The molecule has 0 amide bonds. The molecule has 0 fully saturated rings. The highest BCUT2D eigenvalue weighted by Gasteiger charge is 2.08. The fraction of sp³-hybridized carbons (Fsp3) is 0.444. The Kier molecular flexibility index (Phi) is 4.18. The molecule has 0 radical (unpaired) electrons. The SMILES string of the molecule is CSC(=NC#N)N(C)Cc1nccn1C. The predicted octanol–water partition coefficient (Wildman–Crippen LogP) is 1.05. The number of rotatable bonds is 2. The van der Waals surface area contributed by atoms with E-state index in [2.05, 4.69) is 9.98 Å². The third-order valence-electron chi connectivity index (χ3n) is 1.95.